The van der Waals surface area contributed by atoms with Gasteiger partial charge in [0.15, 0.2) is 5.16 Å². The minimum absolute atomic E-state index is 0.0118. The van der Waals surface area contributed by atoms with Crippen LogP contribution in [0.15, 0.2) is 29.7 Å². The van der Waals surface area contributed by atoms with Crippen molar-refractivity contribution in [2.24, 2.45) is 0 Å². The van der Waals surface area contributed by atoms with E-state index in [-0.39, 0.29) is 11.2 Å². The molecule has 3 rings (SSSR count). The average molecular weight is 316 g/mol. The molecule has 1 saturated carbocycles. The molecule has 1 atom stereocenters. The maximum Gasteiger partial charge on any atom is 0.237 e. The molecular formula is C16H20N4OS. The molecule has 0 saturated heterocycles. The third kappa shape index (κ3) is 3.32. The van der Waals surface area contributed by atoms with Crippen LogP contribution in [0.2, 0.25) is 0 Å². The number of hydrogen-bond donors (Lipinski definition) is 1. The summed E-state index contributed by atoms with van der Waals surface area (Å²) in [5.41, 5.74) is 3.13. The van der Waals surface area contributed by atoms with Gasteiger partial charge in [-0.2, -0.15) is 0 Å². The van der Waals surface area contributed by atoms with E-state index in [1.807, 2.05) is 32.9 Å². The number of nitrogens with one attached hydrogen (secondary N) is 1. The number of amides is 1. The van der Waals surface area contributed by atoms with E-state index in [9.17, 15) is 4.79 Å². The number of aryl methyl sites for hydroxylation is 2. The normalized spacial score (nSPS) is 15.6. The molecular weight excluding hydrogens is 296 g/mol. The molecule has 1 fully saturated rings. The highest BCUT2D eigenvalue weighted by molar-refractivity contribution is 8.00. The van der Waals surface area contributed by atoms with Crippen molar-refractivity contribution in [2.75, 3.05) is 5.32 Å². The van der Waals surface area contributed by atoms with Crippen molar-refractivity contribution in [2.45, 2.75) is 50.1 Å². The van der Waals surface area contributed by atoms with E-state index < -0.39 is 0 Å². The Kier molecular flexibility index (Phi) is 4.20. The molecule has 0 radical (unpaired) electrons. The number of hydrogen-bond acceptors (Lipinski definition) is 4. The van der Waals surface area contributed by atoms with Gasteiger partial charge in [-0.3, -0.25) is 4.79 Å². The zero-order valence-electron chi connectivity index (χ0n) is 13.0. The fraction of sp³-hybridized carbons (Fsp3) is 0.438. The van der Waals surface area contributed by atoms with Crippen LogP contribution in [0.5, 0.6) is 0 Å². The lowest BCUT2D eigenvalue weighted by Gasteiger charge is -2.14. The number of carbonyl (C=O) groups excluding carboxylic acids is 1. The van der Waals surface area contributed by atoms with Gasteiger partial charge in [0.25, 0.3) is 0 Å². The predicted molar refractivity (Wildman–Crippen MR) is 88.2 cm³/mol. The molecule has 0 spiro atoms. The van der Waals surface area contributed by atoms with Gasteiger partial charge in [-0.05, 0) is 45.2 Å². The van der Waals surface area contributed by atoms with Crippen LogP contribution in [0, 0.1) is 13.8 Å². The summed E-state index contributed by atoms with van der Waals surface area (Å²) in [6, 6.07) is 6.54. The monoisotopic (exact) mass is 316 g/mol. The van der Waals surface area contributed by atoms with Gasteiger partial charge in [-0.25, -0.2) is 0 Å². The lowest BCUT2D eigenvalue weighted by molar-refractivity contribution is -0.115. The Bertz CT molecular complexity index is 693. The molecule has 22 heavy (non-hydrogen) atoms. The van der Waals surface area contributed by atoms with Crippen molar-refractivity contribution >= 4 is 23.4 Å². The zero-order chi connectivity index (χ0) is 15.7. The van der Waals surface area contributed by atoms with Crippen LogP contribution in [0.25, 0.3) is 0 Å². The highest BCUT2D eigenvalue weighted by Gasteiger charge is 2.28. The maximum atomic E-state index is 12.4. The molecule has 1 amide bonds. The molecule has 2 aromatic rings. The molecule has 0 bridgehead atoms. The third-order valence-electron chi connectivity index (χ3n) is 3.77. The fourth-order valence-corrected chi connectivity index (χ4v) is 3.21. The molecule has 1 aromatic carbocycles. The van der Waals surface area contributed by atoms with Gasteiger partial charge < -0.3 is 9.88 Å². The van der Waals surface area contributed by atoms with Crippen LogP contribution in [0.1, 0.15) is 36.9 Å². The summed E-state index contributed by atoms with van der Waals surface area (Å²) >= 11 is 1.46. The summed E-state index contributed by atoms with van der Waals surface area (Å²) < 4.78 is 2.07. The lowest BCUT2D eigenvalue weighted by atomic mass is 10.1. The minimum atomic E-state index is -0.220. The zero-order valence-corrected chi connectivity index (χ0v) is 13.9. The highest BCUT2D eigenvalue weighted by Crippen LogP contribution is 2.38. The van der Waals surface area contributed by atoms with Crippen molar-refractivity contribution < 1.29 is 4.79 Å². The standard InChI is InChI=1S/C16H20N4OS/c1-10-4-7-14(11(2)8-10)18-15(21)12(3)22-16-19-17-9-20(16)13-5-6-13/h4,7-9,12-13H,5-6H2,1-3H3,(H,18,21). The smallest absolute Gasteiger partial charge is 0.237 e. The molecule has 1 aliphatic rings. The third-order valence-corrected chi connectivity index (χ3v) is 4.84. The van der Waals surface area contributed by atoms with E-state index in [4.69, 9.17) is 0 Å². The van der Waals surface area contributed by atoms with E-state index in [1.165, 1.54) is 30.2 Å². The summed E-state index contributed by atoms with van der Waals surface area (Å²) in [6.45, 7) is 5.95. The number of anilines is 1. The van der Waals surface area contributed by atoms with Crippen LogP contribution in [0.4, 0.5) is 5.69 Å². The molecule has 116 valence electrons. The van der Waals surface area contributed by atoms with Gasteiger partial charge in [-0.1, -0.05) is 29.5 Å². The summed E-state index contributed by atoms with van der Waals surface area (Å²) in [4.78, 5) is 12.4. The molecule has 1 heterocycles. The van der Waals surface area contributed by atoms with Gasteiger partial charge in [0.2, 0.25) is 5.91 Å². The summed E-state index contributed by atoms with van der Waals surface area (Å²) in [5, 5.41) is 11.7. The first-order valence-corrected chi connectivity index (χ1v) is 8.37. The number of carbonyl (C=O) groups is 1. The number of aromatic nitrogens is 3. The van der Waals surface area contributed by atoms with E-state index >= 15 is 0 Å². The number of benzene rings is 1. The molecule has 0 aliphatic heterocycles. The summed E-state index contributed by atoms with van der Waals surface area (Å²) in [6.07, 6.45) is 4.11. The van der Waals surface area contributed by atoms with Crippen molar-refractivity contribution in [3.05, 3.63) is 35.7 Å². The molecule has 5 nitrogen and oxygen atoms in total. The second-order valence-corrected chi connectivity index (χ2v) is 7.13. The first-order valence-electron chi connectivity index (χ1n) is 7.49. The topological polar surface area (TPSA) is 59.8 Å². The Morgan fingerprint density at radius 3 is 2.86 bits per heavy atom. The first kappa shape index (κ1) is 15.1. The molecule has 1 aliphatic carbocycles. The van der Waals surface area contributed by atoms with Crippen molar-refractivity contribution in [1.29, 1.82) is 0 Å². The molecule has 1 unspecified atom stereocenters. The Balaban J connectivity index is 1.65. The van der Waals surface area contributed by atoms with Crippen LogP contribution >= 0.6 is 11.8 Å². The Hall–Kier alpha value is -1.82. The Morgan fingerprint density at radius 1 is 1.41 bits per heavy atom. The molecule has 6 heteroatoms. The van der Waals surface area contributed by atoms with Crippen molar-refractivity contribution in [3.8, 4) is 0 Å². The minimum Gasteiger partial charge on any atom is -0.325 e. The van der Waals surface area contributed by atoms with Gasteiger partial charge in [0.05, 0.1) is 5.25 Å². The van der Waals surface area contributed by atoms with E-state index in [2.05, 4.69) is 26.1 Å². The van der Waals surface area contributed by atoms with E-state index in [1.54, 1.807) is 6.33 Å². The summed E-state index contributed by atoms with van der Waals surface area (Å²) in [5.74, 6) is -0.0118. The number of thioether (sulfide) groups is 1. The number of nitrogens with zero attached hydrogens (tertiary/aromatic N) is 3. The van der Waals surface area contributed by atoms with Crippen LogP contribution in [0.3, 0.4) is 0 Å². The highest BCUT2D eigenvalue weighted by atomic mass is 32.2. The van der Waals surface area contributed by atoms with Crippen molar-refractivity contribution in [3.63, 3.8) is 0 Å². The second kappa shape index (κ2) is 6.12. The van der Waals surface area contributed by atoms with Crippen LogP contribution < -0.4 is 5.32 Å². The van der Waals surface area contributed by atoms with Gasteiger partial charge in [0.1, 0.15) is 6.33 Å². The average Bonchev–Trinajstić information content (AvgIpc) is 3.22. The lowest BCUT2D eigenvalue weighted by Crippen LogP contribution is -2.23. The number of rotatable bonds is 5. The predicted octanol–water partition coefficient (Wildman–Crippen LogP) is 3.35. The Morgan fingerprint density at radius 2 is 2.18 bits per heavy atom. The first-order chi connectivity index (χ1) is 10.5. The van der Waals surface area contributed by atoms with E-state index in [0.29, 0.717) is 6.04 Å². The molecule has 1 aromatic heterocycles. The Labute approximate surface area is 134 Å². The maximum absolute atomic E-state index is 12.4. The fourth-order valence-electron chi connectivity index (χ4n) is 2.32. The van der Waals surface area contributed by atoms with Crippen molar-refractivity contribution in [1.82, 2.24) is 14.8 Å². The van der Waals surface area contributed by atoms with Gasteiger partial charge >= 0.3 is 0 Å². The SMILES string of the molecule is Cc1ccc(NC(=O)C(C)Sc2nncn2C2CC2)c(C)c1. The van der Waals surface area contributed by atoms with E-state index in [0.717, 1.165) is 16.4 Å². The van der Waals surface area contributed by atoms with Gasteiger partial charge in [0, 0.05) is 11.7 Å². The van der Waals surface area contributed by atoms with Crippen LogP contribution in [-0.2, 0) is 4.79 Å². The second-order valence-electron chi connectivity index (χ2n) is 5.82. The van der Waals surface area contributed by atoms with Crippen LogP contribution in [-0.4, -0.2) is 25.9 Å². The van der Waals surface area contributed by atoms with Gasteiger partial charge in [-0.15, -0.1) is 10.2 Å². The summed E-state index contributed by atoms with van der Waals surface area (Å²) in [7, 11) is 0. The molecule has 1 N–H and O–H groups in total. The quantitative estimate of drug-likeness (QED) is 0.859. The largest absolute Gasteiger partial charge is 0.325 e.